The Balaban J connectivity index is 1.86. The molecule has 142 valence electrons. The minimum absolute atomic E-state index is 0.0183. The Morgan fingerprint density at radius 3 is 2.73 bits per heavy atom. The van der Waals surface area contributed by atoms with Crippen molar-refractivity contribution in [3.05, 3.63) is 35.9 Å². The lowest BCUT2D eigenvalue weighted by Crippen LogP contribution is -2.38. The molecule has 8 nitrogen and oxygen atoms in total. The van der Waals surface area contributed by atoms with Gasteiger partial charge in [0.25, 0.3) is 0 Å². The second-order valence-electron chi connectivity index (χ2n) is 5.27. The van der Waals surface area contributed by atoms with Crippen LogP contribution in [0.15, 0.2) is 29.5 Å². The maximum absolute atomic E-state index is 12.5. The van der Waals surface area contributed by atoms with Crippen LogP contribution in [0.25, 0.3) is 0 Å². The number of aryl methyl sites for hydroxylation is 1. The minimum Gasteiger partial charge on any atom is -0.493 e. The van der Waals surface area contributed by atoms with Crippen molar-refractivity contribution in [2.75, 3.05) is 20.7 Å². The van der Waals surface area contributed by atoms with Crippen LogP contribution < -0.4 is 20.1 Å². The lowest BCUT2D eigenvalue weighted by atomic mass is 10.1. The monoisotopic (exact) mass is 368 g/mol. The summed E-state index contributed by atoms with van der Waals surface area (Å²) < 4.78 is 36.1. The molecule has 2 rings (SSSR count). The fourth-order valence-electron chi connectivity index (χ4n) is 2.25. The van der Waals surface area contributed by atoms with Gasteiger partial charge in [-0.25, -0.2) is 4.98 Å². The lowest BCUT2D eigenvalue weighted by molar-refractivity contribution is -0.0512. The van der Waals surface area contributed by atoms with Crippen molar-refractivity contribution < 1.29 is 18.3 Å². The predicted molar refractivity (Wildman–Crippen MR) is 92.5 cm³/mol. The number of hydrogen-bond acceptors (Lipinski definition) is 5. The van der Waals surface area contributed by atoms with E-state index in [-0.39, 0.29) is 11.5 Å². The van der Waals surface area contributed by atoms with Gasteiger partial charge in [0.05, 0.1) is 13.7 Å². The van der Waals surface area contributed by atoms with E-state index in [0.29, 0.717) is 25.5 Å². The van der Waals surface area contributed by atoms with Gasteiger partial charge in [-0.05, 0) is 24.1 Å². The molecule has 0 atom stereocenters. The van der Waals surface area contributed by atoms with E-state index in [2.05, 4.69) is 30.4 Å². The zero-order valence-corrected chi connectivity index (χ0v) is 14.9. The minimum atomic E-state index is -2.90. The van der Waals surface area contributed by atoms with E-state index >= 15 is 0 Å². The van der Waals surface area contributed by atoms with Crippen molar-refractivity contribution in [3.63, 3.8) is 0 Å². The first-order chi connectivity index (χ1) is 12.5. The van der Waals surface area contributed by atoms with Crippen molar-refractivity contribution in [1.29, 1.82) is 0 Å². The molecule has 1 aromatic carbocycles. The van der Waals surface area contributed by atoms with E-state index in [4.69, 9.17) is 4.74 Å². The van der Waals surface area contributed by atoms with Gasteiger partial charge >= 0.3 is 6.61 Å². The molecule has 0 aliphatic carbocycles. The molecule has 0 saturated heterocycles. The third kappa shape index (κ3) is 5.57. The van der Waals surface area contributed by atoms with Crippen molar-refractivity contribution >= 4 is 5.96 Å². The van der Waals surface area contributed by atoms with Gasteiger partial charge in [0.2, 0.25) is 0 Å². The molecule has 0 aliphatic rings. The number of aliphatic imine (C=N–C) groups is 1. The summed E-state index contributed by atoms with van der Waals surface area (Å²) in [6.07, 6.45) is 2.07. The highest BCUT2D eigenvalue weighted by Crippen LogP contribution is 2.29. The fraction of sp³-hybridized carbons (Fsp3) is 0.438. The molecule has 26 heavy (non-hydrogen) atoms. The van der Waals surface area contributed by atoms with Gasteiger partial charge in [0.15, 0.2) is 17.5 Å². The second-order valence-corrected chi connectivity index (χ2v) is 5.27. The second kappa shape index (κ2) is 9.54. The van der Waals surface area contributed by atoms with Gasteiger partial charge in [-0.15, -0.1) is 0 Å². The molecule has 1 heterocycles. The van der Waals surface area contributed by atoms with Crippen molar-refractivity contribution in [3.8, 4) is 11.5 Å². The molecule has 0 aliphatic heterocycles. The van der Waals surface area contributed by atoms with Crippen LogP contribution in [-0.2, 0) is 20.0 Å². The van der Waals surface area contributed by atoms with Crippen molar-refractivity contribution in [1.82, 2.24) is 25.4 Å². The molecule has 1 aromatic heterocycles. The number of methoxy groups -OCH3 is 1. The number of alkyl halides is 2. The third-order valence-corrected chi connectivity index (χ3v) is 3.59. The Morgan fingerprint density at radius 2 is 2.12 bits per heavy atom. The van der Waals surface area contributed by atoms with Crippen LogP contribution >= 0.6 is 0 Å². The van der Waals surface area contributed by atoms with E-state index < -0.39 is 6.61 Å². The van der Waals surface area contributed by atoms with Crippen LogP contribution in [0.3, 0.4) is 0 Å². The summed E-state index contributed by atoms with van der Waals surface area (Å²) in [6, 6.07) is 4.95. The summed E-state index contributed by atoms with van der Waals surface area (Å²) >= 11 is 0. The summed E-state index contributed by atoms with van der Waals surface area (Å²) in [4.78, 5) is 8.24. The number of ether oxygens (including phenoxy) is 2. The number of nitrogens with zero attached hydrogens (tertiary/aromatic N) is 4. The molecule has 2 aromatic rings. The van der Waals surface area contributed by atoms with Crippen LogP contribution in [0.1, 0.15) is 11.4 Å². The van der Waals surface area contributed by atoms with Gasteiger partial charge in [-0.3, -0.25) is 9.67 Å². The van der Waals surface area contributed by atoms with E-state index in [0.717, 1.165) is 11.4 Å². The van der Waals surface area contributed by atoms with Crippen LogP contribution in [0.5, 0.6) is 11.5 Å². The predicted octanol–water partition coefficient (Wildman–Crippen LogP) is 1.33. The van der Waals surface area contributed by atoms with Gasteiger partial charge < -0.3 is 20.1 Å². The molecular weight excluding hydrogens is 346 g/mol. The number of aromatic nitrogens is 3. The summed E-state index contributed by atoms with van der Waals surface area (Å²) in [5, 5.41) is 10.3. The molecule has 0 spiro atoms. The van der Waals surface area contributed by atoms with Crippen LogP contribution in [0, 0.1) is 0 Å². The van der Waals surface area contributed by atoms with E-state index in [1.54, 1.807) is 29.9 Å². The Labute approximate surface area is 150 Å². The van der Waals surface area contributed by atoms with Gasteiger partial charge in [-0.2, -0.15) is 13.9 Å². The summed E-state index contributed by atoms with van der Waals surface area (Å²) in [6.45, 7) is -1.87. The molecule has 0 saturated carbocycles. The fourth-order valence-corrected chi connectivity index (χ4v) is 2.25. The average molecular weight is 368 g/mol. The molecule has 0 unspecified atom stereocenters. The standard InChI is InChI=1S/C16H22F2N6O2/c1-19-16(21-9-14-22-10-23-24(14)2)20-7-6-11-4-5-12(25-3)13(8-11)26-15(17)18/h4-5,8,10,15H,6-7,9H2,1-3H3,(H2,19,20,21). The topological polar surface area (TPSA) is 85.6 Å². The smallest absolute Gasteiger partial charge is 0.387 e. The summed E-state index contributed by atoms with van der Waals surface area (Å²) in [5.74, 6) is 1.66. The van der Waals surface area contributed by atoms with Crippen LogP contribution in [-0.4, -0.2) is 48.0 Å². The highest BCUT2D eigenvalue weighted by Gasteiger charge is 2.11. The number of hydrogen-bond donors (Lipinski definition) is 2. The van der Waals surface area contributed by atoms with E-state index in [9.17, 15) is 8.78 Å². The number of nitrogens with one attached hydrogen (secondary N) is 2. The quantitative estimate of drug-likeness (QED) is 0.540. The van der Waals surface area contributed by atoms with Gasteiger partial charge in [-0.1, -0.05) is 6.07 Å². The SMILES string of the molecule is CN=C(NCCc1ccc(OC)c(OC(F)F)c1)NCc1ncnn1C. The Hall–Kier alpha value is -2.91. The Bertz CT molecular complexity index is 735. The largest absolute Gasteiger partial charge is 0.493 e. The highest BCUT2D eigenvalue weighted by atomic mass is 19.3. The number of guanidine groups is 1. The zero-order chi connectivity index (χ0) is 18.9. The van der Waals surface area contributed by atoms with Crippen LogP contribution in [0.2, 0.25) is 0 Å². The summed E-state index contributed by atoms with van der Waals surface area (Å²) in [5.41, 5.74) is 0.831. The first kappa shape index (κ1) is 19.4. The zero-order valence-electron chi connectivity index (χ0n) is 14.9. The van der Waals surface area contributed by atoms with E-state index in [1.807, 2.05) is 7.05 Å². The van der Waals surface area contributed by atoms with Gasteiger partial charge in [0, 0.05) is 20.6 Å². The van der Waals surface area contributed by atoms with Crippen molar-refractivity contribution in [2.24, 2.45) is 12.0 Å². The maximum Gasteiger partial charge on any atom is 0.387 e. The first-order valence-corrected chi connectivity index (χ1v) is 7.92. The van der Waals surface area contributed by atoms with Crippen LogP contribution in [0.4, 0.5) is 8.78 Å². The van der Waals surface area contributed by atoms with Gasteiger partial charge in [0.1, 0.15) is 12.2 Å². The highest BCUT2D eigenvalue weighted by molar-refractivity contribution is 5.79. The normalized spacial score (nSPS) is 11.5. The van der Waals surface area contributed by atoms with E-state index in [1.165, 1.54) is 13.4 Å². The van der Waals surface area contributed by atoms with Crippen molar-refractivity contribution in [2.45, 2.75) is 19.6 Å². The average Bonchev–Trinajstić information content (AvgIpc) is 3.02. The Kier molecular flexibility index (Phi) is 7.12. The molecule has 0 radical (unpaired) electrons. The summed E-state index contributed by atoms with van der Waals surface area (Å²) in [7, 11) is 4.87. The molecule has 2 N–H and O–H groups in total. The lowest BCUT2D eigenvalue weighted by Gasteiger charge is -2.13. The number of rotatable bonds is 8. The Morgan fingerprint density at radius 1 is 1.31 bits per heavy atom. The molecule has 10 heteroatoms. The maximum atomic E-state index is 12.5. The first-order valence-electron chi connectivity index (χ1n) is 7.92. The third-order valence-electron chi connectivity index (χ3n) is 3.59. The molecular formula is C16H22F2N6O2. The number of halogens is 2. The number of benzene rings is 1. The molecule has 0 amide bonds. The molecule has 0 fully saturated rings. The molecule has 0 bridgehead atoms.